The zero-order valence-corrected chi connectivity index (χ0v) is 14.6. The van der Waals surface area contributed by atoms with E-state index in [2.05, 4.69) is 45.1 Å². The summed E-state index contributed by atoms with van der Waals surface area (Å²) in [5, 5.41) is 0. The molecule has 130 valence electrons. The molecule has 1 aromatic carbocycles. The second kappa shape index (κ2) is 7.06. The topological polar surface area (TPSA) is 36.4 Å². The molecule has 1 aliphatic carbocycles. The number of aromatic nitrogens is 1. The molecular weight excluding hydrogens is 310 g/mol. The molecule has 1 aromatic heterocycles. The van der Waals surface area contributed by atoms with Crippen molar-refractivity contribution in [3.05, 3.63) is 66.0 Å². The monoisotopic (exact) mass is 335 g/mol. The minimum atomic E-state index is -0.198. The van der Waals surface area contributed by atoms with E-state index in [0.29, 0.717) is 12.2 Å². The number of nitrogens with zero attached hydrogens (tertiary/aromatic N) is 3. The van der Waals surface area contributed by atoms with Gasteiger partial charge in [0.05, 0.1) is 12.0 Å². The van der Waals surface area contributed by atoms with Gasteiger partial charge in [0, 0.05) is 44.6 Å². The Kier molecular flexibility index (Phi) is 4.64. The van der Waals surface area contributed by atoms with Crippen molar-refractivity contribution in [1.82, 2.24) is 14.8 Å². The van der Waals surface area contributed by atoms with Crippen LogP contribution in [0.1, 0.15) is 24.1 Å². The first-order valence-electron chi connectivity index (χ1n) is 9.21. The number of carbonyl (C=O) groups excluding carboxylic acids is 1. The SMILES string of the molecule is O=C(Cc1ccccn1)C1(N2CCN(Cc3ccccc3)CC2)CC1. The van der Waals surface area contributed by atoms with Crippen molar-refractivity contribution < 1.29 is 4.79 Å². The summed E-state index contributed by atoms with van der Waals surface area (Å²) in [5.74, 6) is 0.350. The number of hydrogen-bond acceptors (Lipinski definition) is 4. The zero-order chi connectivity index (χ0) is 17.1. The summed E-state index contributed by atoms with van der Waals surface area (Å²) in [6.07, 6.45) is 4.25. The number of carbonyl (C=O) groups is 1. The van der Waals surface area contributed by atoms with Gasteiger partial charge in [-0.1, -0.05) is 36.4 Å². The van der Waals surface area contributed by atoms with E-state index in [9.17, 15) is 4.79 Å². The Morgan fingerprint density at radius 1 is 0.960 bits per heavy atom. The number of Topliss-reactive ketones (excluding diaryl/α,β-unsaturated/α-hetero) is 1. The van der Waals surface area contributed by atoms with Crippen LogP contribution in [0.25, 0.3) is 0 Å². The van der Waals surface area contributed by atoms with Gasteiger partial charge in [-0.25, -0.2) is 0 Å². The van der Waals surface area contributed by atoms with Gasteiger partial charge in [-0.15, -0.1) is 0 Å². The molecule has 0 amide bonds. The lowest BCUT2D eigenvalue weighted by atomic mass is 10.0. The molecule has 4 rings (SSSR count). The Balaban J connectivity index is 1.33. The van der Waals surface area contributed by atoms with E-state index in [1.54, 1.807) is 6.20 Å². The van der Waals surface area contributed by atoms with Crippen molar-refractivity contribution in [2.75, 3.05) is 26.2 Å². The lowest BCUT2D eigenvalue weighted by molar-refractivity contribution is -0.126. The van der Waals surface area contributed by atoms with Crippen molar-refractivity contribution in [2.45, 2.75) is 31.3 Å². The zero-order valence-electron chi connectivity index (χ0n) is 14.6. The maximum absolute atomic E-state index is 12.9. The smallest absolute Gasteiger partial charge is 0.159 e. The highest BCUT2D eigenvalue weighted by molar-refractivity contribution is 5.92. The summed E-state index contributed by atoms with van der Waals surface area (Å²) in [5.41, 5.74) is 2.06. The van der Waals surface area contributed by atoms with Crippen LogP contribution >= 0.6 is 0 Å². The maximum Gasteiger partial charge on any atom is 0.159 e. The van der Waals surface area contributed by atoms with E-state index in [1.165, 1.54) is 5.56 Å². The standard InChI is InChI=1S/C21H25N3O/c25-20(16-19-8-4-5-11-22-19)21(9-10-21)24-14-12-23(13-15-24)17-18-6-2-1-3-7-18/h1-8,11H,9-10,12-17H2. The van der Waals surface area contributed by atoms with E-state index in [0.717, 1.165) is 51.3 Å². The summed E-state index contributed by atoms with van der Waals surface area (Å²) in [4.78, 5) is 22.1. The van der Waals surface area contributed by atoms with Crippen molar-refractivity contribution in [2.24, 2.45) is 0 Å². The predicted molar refractivity (Wildman–Crippen MR) is 98.2 cm³/mol. The molecule has 2 fully saturated rings. The fourth-order valence-corrected chi connectivity index (χ4v) is 3.90. The van der Waals surface area contributed by atoms with Gasteiger partial charge in [0.15, 0.2) is 5.78 Å². The highest BCUT2D eigenvalue weighted by Gasteiger charge is 2.53. The van der Waals surface area contributed by atoms with E-state index in [4.69, 9.17) is 0 Å². The van der Waals surface area contributed by atoms with Crippen molar-refractivity contribution in [3.63, 3.8) is 0 Å². The average Bonchev–Trinajstić information content (AvgIpc) is 3.46. The van der Waals surface area contributed by atoms with Gasteiger partial charge in [-0.05, 0) is 30.5 Å². The predicted octanol–water partition coefficient (Wildman–Crippen LogP) is 2.54. The van der Waals surface area contributed by atoms with E-state index in [-0.39, 0.29) is 5.54 Å². The number of ketones is 1. The van der Waals surface area contributed by atoms with Crippen LogP contribution in [0.2, 0.25) is 0 Å². The molecular formula is C21H25N3O. The van der Waals surface area contributed by atoms with Crippen LogP contribution in [-0.2, 0) is 17.8 Å². The molecule has 25 heavy (non-hydrogen) atoms. The molecule has 1 saturated heterocycles. The van der Waals surface area contributed by atoms with Gasteiger partial charge in [0.2, 0.25) is 0 Å². The molecule has 0 N–H and O–H groups in total. The number of piperazine rings is 1. The summed E-state index contributed by atoms with van der Waals surface area (Å²) in [7, 11) is 0. The highest BCUT2D eigenvalue weighted by Crippen LogP contribution is 2.43. The number of benzene rings is 1. The third-order valence-electron chi connectivity index (χ3n) is 5.54. The first kappa shape index (κ1) is 16.4. The first-order valence-corrected chi connectivity index (χ1v) is 9.21. The first-order chi connectivity index (χ1) is 12.3. The number of rotatable bonds is 6. The van der Waals surface area contributed by atoms with Crippen LogP contribution in [-0.4, -0.2) is 52.3 Å². The fraction of sp³-hybridized carbons (Fsp3) is 0.429. The molecule has 0 atom stereocenters. The molecule has 0 spiro atoms. The molecule has 0 bridgehead atoms. The Labute approximate surface area is 149 Å². The minimum Gasteiger partial charge on any atom is -0.297 e. The third kappa shape index (κ3) is 3.65. The summed E-state index contributed by atoms with van der Waals surface area (Å²) >= 11 is 0. The van der Waals surface area contributed by atoms with Crippen LogP contribution in [0.4, 0.5) is 0 Å². The van der Waals surface area contributed by atoms with Crippen molar-refractivity contribution in [3.8, 4) is 0 Å². The Hall–Kier alpha value is -2.04. The number of pyridine rings is 1. The number of hydrogen-bond donors (Lipinski definition) is 0. The lowest BCUT2D eigenvalue weighted by Crippen LogP contribution is -2.54. The molecule has 2 heterocycles. The minimum absolute atomic E-state index is 0.198. The summed E-state index contributed by atoms with van der Waals surface area (Å²) in [6, 6.07) is 16.4. The molecule has 1 aliphatic heterocycles. The second-order valence-electron chi connectivity index (χ2n) is 7.20. The highest BCUT2D eigenvalue weighted by atomic mass is 16.1. The van der Waals surface area contributed by atoms with Crippen molar-refractivity contribution >= 4 is 5.78 Å². The van der Waals surface area contributed by atoms with E-state index >= 15 is 0 Å². The van der Waals surface area contributed by atoms with Gasteiger partial charge in [0.1, 0.15) is 0 Å². The van der Waals surface area contributed by atoms with Gasteiger partial charge < -0.3 is 0 Å². The molecule has 4 nitrogen and oxygen atoms in total. The third-order valence-corrected chi connectivity index (χ3v) is 5.54. The Bertz CT molecular complexity index is 704. The maximum atomic E-state index is 12.9. The van der Waals surface area contributed by atoms with E-state index < -0.39 is 0 Å². The Morgan fingerprint density at radius 3 is 2.32 bits per heavy atom. The Morgan fingerprint density at radius 2 is 1.68 bits per heavy atom. The molecule has 4 heteroatoms. The van der Waals surface area contributed by atoms with Gasteiger partial charge in [0.25, 0.3) is 0 Å². The molecule has 2 aliphatic rings. The molecule has 1 saturated carbocycles. The van der Waals surface area contributed by atoms with Crippen molar-refractivity contribution in [1.29, 1.82) is 0 Å². The quantitative estimate of drug-likeness (QED) is 0.813. The van der Waals surface area contributed by atoms with Crippen LogP contribution in [0, 0.1) is 0 Å². The van der Waals surface area contributed by atoms with Gasteiger partial charge >= 0.3 is 0 Å². The summed E-state index contributed by atoms with van der Waals surface area (Å²) in [6.45, 7) is 5.05. The van der Waals surface area contributed by atoms with Crippen LogP contribution in [0.3, 0.4) is 0 Å². The van der Waals surface area contributed by atoms with Gasteiger partial charge in [-0.3, -0.25) is 19.6 Å². The molecule has 0 radical (unpaired) electrons. The normalized spacial score (nSPS) is 20.3. The summed E-state index contributed by atoms with van der Waals surface area (Å²) < 4.78 is 0. The van der Waals surface area contributed by atoms with Gasteiger partial charge in [-0.2, -0.15) is 0 Å². The fourth-order valence-electron chi connectivity index (χ4n) is 3.90. The molecule has 0 unspecified atom stereocenters. The largest absolute Gasteiger partial charge is 0.297 e. The average molecular weight is 335 g/mol. The van der Waals surface area contributed by atoms with Crippen LogP contribution < -0.4 is 0 Å². The lowest BCUT2D eigenvalue weighted by Gasteiger charge is -2.39. The van der Waals surface area contributed by atoms with Crippen LogP contribution in [0.5, 0.6) is 0 Å². The van der Waals surface area contributed by atoms with Crippen LogP contribution in [0.15, 0.2) is 54.7 Å². The second-order valence-corrected chi connectivity index (χ2v) is 7.20. The molecule has 2 aromatic rings. The van der Waals surface area contributed by atoms with E-state index in [1.807, 2.05) is 18.2 Å².